The summed E-state index contributed by atoms with van der Waals surface area (Å²) in [7, 11) is 1.79. The Morgan fingerprint density at radius 1 is 1.71 bits per heavy atom. The number of aromatic nitrogens is 2. The highest BCUT2D eigenvalue weighted by Crippen LogP contribution is 2.24. The number of nitrogens with zero attached hydrogens (tertiary/aromatic N) is 2. The van der Waals surface area contributed by atoms with E-state index in [1.807, 2.05) is 6.92 Å². The number of rotatable bonds is 2. The van der Waals surface area contributed by atoms with Gasteiger partial charge in [0.05, 0.1) is 12.0 Å². The van der Waals surface area contributed by atoms with Gasteiger partial charge in [-0.15, -0.1) is 0 Å². The fourth-order valence-electron chi connectivity index (χ4n) is 1.88. The summed E-state index contributed by atoms with van der Waals surface area (Å²) in [5.41, 5.74) is 0.673. The molecule has 1 aromatic rings. The van der Waals surface area contributed by atoms with Crippen LogP contribution in [0.3, 0.4) is 0 Å². The molecular weight excluding hydrogens is 180 g/mol. The number of ether oxygens (including phenoxy) is 1. The molecular formula is C10H14N2O2. The van der Waals surface area contributed by atoms with Gasteiger partial charge in [-0.2, -0.15) is 5.10 Å². The lowest BCUT2D eigenvalue weighted by Crippen LogP contribution is -2.23. The van der Waals surface area contributed by atoms with E-state index in [4.69, 9.17) is 4.74 Å². The number of carbonyl (C=O) groups excluding carboxylic acids is 1. The Morgan fingerprint density at radius 3 is 3.00 bits per heavy atom. The topological polar surface area (TPSA) is 44.1 Å². The van der Waals surface area contributed by atoms with Crippen LogP contribution in [0, 0.1) is 5.92 Å². The van der Waals surface area contributed by atoms with Crippen molar-refractivity contribution in [2.45, 2.75) is 19.4 Å². The van der Waals surface area contributed by atoms with Gasteiger partial charge in [0, 0.05) is 19.9 Å². The molecule has 0 spiro atoms. The summed E-state index contributed by atoms with van der Waals surface area (Å²) in [5, 5.41) is 3.99. The van der Waals surface area contributed by atoms with Crippen molar-refractivity contribution < 1.29 is 9.53 Å². The van der Waals surface area contributed by atoms with E-state index in [-0.39, 0.29) is 17.8 Å². The molecule has 0 amide bonds. The van der Waals surface area contributed by atoms with Gasteiger partial charge < -0.3 is 4.74 Å². The quantitative estimate of drug-likeness (QED) is 0.660. The minimum atomic E-state index is 0.00500. The Morgan fingerprint density at radius 2 is 2.50 bits per heavy atom. The number of hydrogen-bond donors (Lipinski definition) is 0. The van der Waals surface area contributed by atoms with Crippen molar-refractivity contribution in [3.8, 4) is 0 Å². The molecule has 4 heteroatoms. The van der Waals surface area contributed by atoms with E-state index in [0.29, 0.717) is 12.3 Å². The van der Waals surface area contributed by atoms with E-state index in [2.05, 4.69) is 5.10 Å². The van der Waals surface area contributed by atoms with E-state index in [1.165, 1.54) is 0 Å². The summed E-state index contributed by atoms with van der Waals surface area (Å²) in [5.74, 6) is 0.153. The van der Waals surface area contributed by atoms with Crippen molar-refractivity contribution in [1.82, 2.24) is 9.78 Å². The maximum Gasteiger partial charge on any atom is 0.186 e. The molecule has 0 bridgehead atoms. The predicted molar refractivity (Wildman–Crippen MR) is 51.1 cm³/mol. The van der Waals surface area contributed by atoms with Crippen LogP contribution in [0.4, 0.5) is 0 Å². The summed E-state index contributed by atoms with van der Waals surface area (Å²) in [6, 6.07) is 1.76. The molecule has 1 aromatic heterocycles. The second-order valence-electron chi connectivity index (χ2n) is 3.68. The first kappa shape index (κ1) is 9.40. The second-order valence-corrected chi connectivity index (χ2v) is 3.68. The van der Waals surface area contributed by atoms with Crippen LogP contribution in [0.1, 0.15) is 23.8 Å². The van der Waals surface area contributed by atoms with Gasteiger partial charge in [-0.1, -0.05) is 0 Å². The summed E-state index contributed by atoms with van der Waals surface area (Å²) >= 11 is 0. The minimum Gasteiger partial charge on any atom is -0.378 e. The Kier molecular flexibility index (Phi) is 2.37. The van der Waals surface area contributed by atoms with Crippen LogP contribution in [-0.4, -0.2) is 28.3 Å². The van der Waals surface area contributed by atoms with Crippen LogP contribution in [0.5, 0.6) is 0 Å². The standard InChI is InChI=1S/C10H14N2O2/c1-7-8(4-6-14-7)10(13)9-3-5-11-12(9)2/h3,5,7-8H,4,6H2,1-2H3. The van der Waals surface area contributed by atoms with Gasteiger partial charge in [0.25, 0.3) is 0 Å². The maximum absolute atomic E-state index is 12.0. The largest absolute Gasteiger partial charge is 0.378 e. The molecule has 4 nitrogen and oxygen atoms in total. The van der Waals surface area contributed by atoms with Crippen molar-refractivity contribution >= 4 is 5.78 Å². The van der Waals surface area contributed by atoms with Crippen LogP contribution >= 0.6 is 0 Å². The molecule has 0 aliphatic carbocycles. The Bertz CT molecular complexity index is 346. The number of carbonyl (C=O) groups is 1. The molecule has 1 aliphatic rings. The summed E-state index contributed by atoms with van der Waals surface area (Å²) in [4.78, 5) is 12.0. The third-order valence-electron chi connectivity index (χ3n) is 2.79. The first-order valence-electron chi connectivity index (χ1n) is 4.84. The molecule has 2 rings (SSSR count). The lowest BCUT2D eigenvalue weighted by molar-refractivity contribution is 0.0756. The van der Waals surface area contributed by atoms with E-state index in [9.17, 15) is 4.79 Å². The van der Waals surface area contributed by atoms with Crippen LogP contribution in [0.25, 0.3) is 0 Å². The Labute approximate surface area is 82.9 Å². The SMILES string of the molecule is CC1OCCC1C(=O)c1ccnn1C. The highest BCUT2D eigenvalue weighted by molar-refractivity contribution is 5.96. The Balaban J connectivity index is 2.20. The first-order valence-corrected chi connectivity index (χ1v) is 4.84. The zero-order valence-corrected chi connectivity index (χ0v) is 8.43. The summed E-state index contributed by atoms with van der Waals surface area (Å²) in [6.07, 6.45) is 2.51. The van der Waals surface area contributed by atoms with E-state index in [1.54, 1.807) is 24.0 Å². The van der Waals surface area contributed by atoms with Crippen molar-refractivity contribution in [3.63, 3.8) is 0 Å². The number of ketones is 1. The van der Waals surface area contributed by atoms with E-state index >= 15 is 0 Å². The number of aryl methyl sites for hydroxylation is 1. The molecule has 1 saturated heterocycles. The monoisotopic (exact) mass is 194 g/mol. The van der Waals surface area contributed by atoms with Gasteiger partial charge in [-0.25, -0.2) is 0 Å². The highest BCUT2D eigenvalue weighted by atomic mass is 16.5. The minimum absolute atomic E-state index is 0.00500. The summed E-state index contributed by atoms with van der Waals surface area (Å²) in [6.45, 7) is 2.64. The first-order chi connectivity index (χ1) is 6.70. The molecule has 76 valence electrons. The average Bonchev–Trinajstić information content (AvgIpc) is 2.73. The van der Waals surface area contributed by atoms with Gasteiger partial charge in [0.1, 0.15) is 5.69 Å². The van der Waals surface area contributed by atoms with Crippen molar-refractivity contribution in [1.29, 1.82) is 0 Å². The van der Waals surface area contributed by atoms with Crippen molar-refractivity contribution in [2.24, 2.45) is 13.0 Å². The van der Waals surface area contributed by atoms with Crippen LogP contribution in [-0.2, 0) is 11.8 Å². The molecule has 0 N–H and O–H groups in total. The highest BCUT2D eigenvalue weighted by Gasteiger charge is 2.32. The van der Waals surface area contributed by atoms with Gasteiger partial charge in [-0.3, -0.25) is 9.48 Å². The molecule has 2 unspecified atom stereocenters. The smallest absolute Gasteiger partial charge is 0.186 e. The number of Topliss-reactive ketones (excluding diaryl/α,β-unsaturated/α-hetero) is 1. The van der Waals surface area contributed by atoms with Gasteiger partial charge in [-0.05, 0) is 19.4 Å². The zero-order valence-electron chi connectivity index (χ0n) is 8.43. The normalized spacial score (nSPS) is 26.7. The maximum atomic E-state index is 12.0. The van der Waals surface area contributed by atoms with Gasteiger partial charge in [0.2, 0.25) is 0 Å². The van der Waals surface area contributed by atoms with Crippen LogP contribution < -0.4 is 0 Å². The third kappa shape index (κ3) is 1.46. The molecule has 0 radical (unpaired) electrons. The molecule has 1 aliphatic heterocycles. The van der Waals surface area contributed by atoms with Gasteiger partial charge in [0.15, 0.2) is 5.78 Å². The average molecular weight is 194 g/mol. The Hall–Kier alpha value is -1.16. The third-order valence-corrected chi connectivity index (χ3v) is 2.79. The second kappa shape index (κ2) is 3.53. The molecule has 0 aromatic carbocycles. The van der Waals surface area contributed by atoms with Crippen molar-refractivity contribution in [2.75, 3.05) is 6.61 Å². The molecule has 14 heavy (non-hydrogen) atoms. The predicted octanol–water partition coefficient (Wildman–Crippen LogP) is 1.03. The summed E-state index contributed by atoms with van der Waals surface area (Å²) < 4.78 is 6.99. The molecule has 2 atom stereocenters. The number of hydrogen-bond acceptors (Lipinski definition) is 3. The molecule has 2 heterocycles. The fraction of sp³-hybridized carbons (Fsp3) is 0.600. The van der Waals surface area contributed by atoms with E-state index in [0.717, 1.165) is 6.42 Å². The fourth-order valence-corrected chi connectivity index (χ4v) is 1.88. The van der Waals surface area contributed by atoms with Crippen LogP contribution in [0.2, 0.25) is 0 Å². The van der Waals surface area contributed by atoms with Gasteiger partial charge >= 0.3 is 0 Å². The van der Waals surface area contributed by atoms with Crippen molar-refractivity contribution in [3.05, 3.63) is 18.0 Å². The van der Waals surface area contributed by atoms with E-state index < -0.39 is 0 Å². The zero-order chi connectivity index (χ0) is 10.1. The molecule has 0 saturated carbocycles. The molecule has 1 fully saturated rings. The lowest BCUT2D eigenvalue weighted by Gasteiger charge is -2.12. The lowest BCUT2D eigenvalue weighted by atomic mass is 9.95. The van der Waals surface area contributed by atoms with Crippen LogP contribution in [0.15, 0.2) is 12.3 Å².